The molecular weight excluding hydrogens is 675 g/mol. The molecule has 1 heterocycles. The highest BCUT2D eigenvalue weighted by molar-refractivity contribution is 14.1. The summed E-state index contributed by atoms with van der Waals surface area (Å²) in [6.45, 7) is 5.01. The van der Waals surface area contributed by atoms with E-state index in [2.05, 4.69) is 27.9 Å². The molecule has 1 aliphatic heterocycles. The van der Waals surface area contributed by atoms with Crippen molar-refractivity contribution in [2.75, 3.05) is 20.3 Å². The van der Waals surface area contributed by atoms with Gasteiger partial charge in [0, 0.05) is 5.02 Å². The number of nitrogens with one attached hydrogen (secondary N) is 1. The normalized spacial score (nSPS) is 14.2. The summed E-state index contributed by atoms with van der Waals surface area (Å²) in [5.74, 6) is 0.517. The molecule has 220 valence electrons. The zero-order chi connectivity index (χ0) is 30.2. The first-order chi connectivity index (χ1) is 20.2. The monoisotopic (exact) mass is 704 g/mol. The molecule has 3 aromatic carbocycles. The van der Waals surface area contributed by atoms with Crippen LogP contribution < -0.4 is 24.3 Å². The Bertz CT molecular complexity index is 1530. The van der Waals surface area contributed by atoms with E-state index < -0.39 is 17.8 Å². The third-order valence-corrected chi connectivity index (χ3v) is 7.17. The Morgan fingerprint density at radius 1 is 0.929 bits per heavy atom. The molecule has 1 fully saturated rings. The Morgan fingerprint density at radius 3 is 2.45 bits per heavy atom. The zero-order valence-corrected chi connectivity index (χ0v) is 26.3. The minimum Gasteiger partial charge on any atom is -0.493 e. The van der Waals surface area contributed by atoms with Gasteiger partial charge in [-0.3, -0.25) is 19.8 Å². The predicted molar refractivity (Wildman–Crippen MR) is 167 cm³/mol. The quantitative estimate of drug-likeness (QED) is 0.133. The highest BCUT2D eigenvalue weighted by Gasteiger charge is 2.36. The number of methoxy groups -OCH3 is 1. The van der Waals surface area contributed by atoms with Crippen LogP contribution in [0.2, 0.25) is 5.02 Å². The van der Waals surface area contributed by atoms with E-state index in [1.54, 1.807) is 36.4 Å². The van der Waals surface area contributed by atoms with Crippen LogP contribution >= 0.6 is 34.2 Å². The topological polar surface area (TPSA) is 103 Å². The van der Waals surface area contributed by atoms with Gasteiger partial charge in [0.2, 0.25) is 0 Å². The predicted octanol–water partition coefficient (Wildman–Crippen LogP) is 6.38. The van der Waals surface area contributed by atoms with E-state index in [9.17, 15) is 14.4 Å². The smallest absolute Gasteiger partial charge is 0.331 e. The number of carbonyl (C=O) groups is 3. The molecule has 0 bridgehead atoms. The molecule has 0 spiro atoms. The molecule has 4 rings (SSSR count). The average molecular weight is 705 g/mol. The second-order valence-electron chi connectivity index (χ2n) is 9.22. The van der Waals surface area contributed by atoms with Gasteiger partial charge in [-0.25, -0.2) is 4.79 Å². The van der Waals surface area contributed by atoms with Gasteiger partial charge in [0.25, 0.3) is 11.8 Å². The minimum absolute atomic E-state index is 0.0689. The van der Waals surface area contributed by atoms with Crippen molar-refractivity contribution in [2.45, 2.75) is 33.4 Å². The number of benzene rings is 3. The molecule has 1 aliphatic rings. The number of urea groups is 1. The van der Waals surface area contributed by atoms with Crippen LogP contribution in [0.3, 0.4) is 0 Å². The molecule has 0 atom stereocenters. The average Bonchev–Trinajstić information content (AvgIpc) is 2.96. The number of hydrogen-bond donors (Lipinski definition) is 1. The van der Waals surface area contributed by atoms with Crippen molar-refractivity contribution in [3.63, 3.8) is 0 Å². The van der Waals surface area contributed by atoms with E-state index in [4.69, 9.17) is 30.5 Å². The summed E-state index contributed by atoms with van der Waals surface area (Å²) in [5, 5.41) is 2.87. The van der Waals surface area contributed by atoms with Crippen LogP contribution in [0.1, 0.15) is 37.0 Å². The number of halogens is 2. The van der Waals surface area contributed by atoms with E-state index in [0.29, 0.717) is 55.9 Å². The highest BCUT2D eigenvalue weighted by atomic mass is 127. The second kappa shape index (κ2) is 14.4. The second-order valence-corrected chi connectivity index (χ2v) is 10.8. The Balaban J connectivity index is 1.57. The molecule has 1 N–H and O–H groups in total. The first-order valence-electron chi connectivity index (χ1n) is 13.3. The van der Waals surface area contributed by atoms with Gasteiger partial charge in [-0.2, -0.15) is 0 Å². The molecule has 3 aromatic rings. The number of ether oxygens (including phenoxy) is 4. The Morgan fingerprint density at radius 2 is 1.74 bits per heavy atom. The van der Waals surface area contributed by atoms with Gasteiger partial charge in [-0.05, 0) is 95.1 Å². The fourth-order valence-corrected chi connectivity index (χ4v) is 5.18. The van der Waals surface area contributed by atoms with E-state index in [1.165, 1.54) is 13.2 Å². The lowest BCUT2D eigenvalue weighted by Crippen LogP contribution is -2.53. The van der Waals surface area contributed by atoms with Crippen LogP contribution in [0.4, 0.5) is 4.79 Å². The van der Waals surface area contributed by atoms with Crippen LogP contribution in [0, 0.1) is 3.57 Å². The Kier molecular flexibility index (Phi) is 10.7. The molecule has 0 saturated carbocycles. The SMILES string of the molecule is CCCOc1ccc(CN2C(=O)NC(=O)/C(=C\c3cc(I)c(OCc4cccc(Cl)c4)c(OC)c3)C2=O)cc1OCC. The van der Waals surface area contributed by atoms with Crippen molar-refractivity contribution in [1.82, 2.24) is 10.2 Å². The maximum Gasteiger partial charge on any atom is 0.331 e. The van der Waals surface area contributed by atoms with Crippen molar-refractivity contribution in [2.24, 2.45) is 0 Å². The molecule has 42 heavy (non-hydrogen) atoms. The zero-order valence-electron chi connectivity index (χ0n) is 23.4. The summed E-state index contributed by atoms with van der Waals surface area (Å²) in [4.78, 5) is 39.8. The molecule has 4 amide bonds. The highest BCUT2D eigenvalue weighted by Crippen LogP contribution is 2.36. The summed E-state index contributed by atoms with van der Waals surface area (Å²) >= 11 is 8.18. The minimum atomic E-state index is -0.802. The van der Waals surface area contributed by atoms with E-state index in [1.807, 2.05) is 32.0 Å². The fourth-order valence-electron chi connectivity index (χ4n) is 4.18. The maximum atomic E-state index is 13.4. The van der Waals surface area contributed by atoms with E-state index in [0.717, 1.165) is 16.9 Å². The molecule has 0 aromatic heterocycles. The summed E-state index contributed by atoms with van der Waals surface area (Å²) in [7, 11) is 1.50. The van der Waals surface area contributed by atoms with Gasteiger partial charge in [-0.15, -0.1) is 0 Å². The molecule has 0 unspecified atom stereocenters. The summed E-state index contributed by atoms with van der Waals surface area (Å²) in [6.07, 6.45) is 2.26. The first kappa shape index (κ1) is 31.2. The van der Waals surface area contributed by atoms with Crippen molar-refractivity contribution in [3.8, 4) is 23.0 Å². The van der Waals surface area contributed by atoms with Crippen molar-refractivity contribution in [3.05, 3.63) is 85.5 Å². The molecular formula is C31H30ClIN2O7. The lowest BCUT2D eigenvalue weighted by atomic mass is 10.1. The molecule has 0 radical (unpaired) electrons. The van der Waals surface area contributed by atoms with E-state index >= 15 is 0 Å². The van der Waals surface area contributed by atoms with Gasteiger partial charge in [-0.1, -0.05) is 36.7 Å². The maximum absolute atomic E-state index is 13.4. The molecule has 1 saturated heterocycles. The van der Waals surface area contributed by atoms with Crippen molar-refractivity contribution in [1.29, 1.82) is 0 Å². The lowest BCUT2D eigenvalue weighted by Gasteiger charge is -2.26. The number of rotatable bonds is 12. The molecule has 9 nitrogen and oxygen atoms in total. The first-order valence-corrected chi connectivity index (χ1v) is 14.7. The fraction of sp³-hybridized carbons (Fsp3) is 0.258. The van der Waals surface area contributed by atoms with Crippen LogP contribution in [0.25, 0.3) is 6.08 Å². The largest absolute Gasteiger partial charge is 0.493 e. The van der Waals surface area contributed by atoms with Gasteiger partial charge in [0.1, 0.15) is 12.2 Å². The Labute approximate surface area is 262 Å². The van der Waals surface area contributed by atoms with E-state index in [-0.39, 0.29) is 18.7 Å². The third-order valence-electron chi connectivity index (χ3n) is 6.13. The molecule has 0 aliphatic carbocycles. The van der Waals surface area contributed by atoms with Gasteiger partial charge in [0.05, 0.1) is 30.4 Å². The molecule has 11 heteroatoms. The number of hydrogen-bond acceptors (Lipinski definition) is 7. The number of carbonyl (C=O) groups excluding carboxylic acids is 3. The number of barbiturate groups is 1. The van der Waals surface area contributed by atoms with Crippen LogP contribution in [0.5, 0.6) is 23.0 Å². The van der Waals surface area contributed by atoms with Gasteiger partial charge < -0.3 is 18.9 Å². The number of nitrogens with zero attached hydrogens (tertiary/aromatic N) is 1. The van der Waals surface area contributed by atoms with Crippen LogP contribution in [-0.2, 0) is 22.7 Å². The third kappa shape index (κ3) is 7.54. The Hall–Kier alpha value is -3.77. The summed E-state index contributed by atoms with van der Waals surface area (Å²) < 4.78 is 23.7. The number of amides is 4. The standard InChI is InChI=1S/C31H30ClIN2O7/c1-4-11-41-25-10-9-19(15-26(25)40-5-2)17-35-30(37)23(29(36)34-31(35)38)13-21-14-24(33)28(27(16-21)39-3)42-18-20-7-6-8-22(32)12-20/h6-10,12-16H,4-5,11,17-18H2,1-3H3,(H,34,36,38)/b23-13+. The van der Waals surface area contributed by atoms with Crippen LogP contribution in [-0.4, -0.2) is 43.1 Å². The summed E-state index contributed by atoms with van der Waals surface area (Å²) in [6, 6.07) is 15.2. The van der Waals surface area contributed by atoms with Crippen molar-refractivity contribution < 1.29 is 33.3 Å². The van der Waals surface area contributed by atoms with Crippen molar-refractivity contribution >= 4 is 58.1 Å². The number of imide groups is 2. The van der Waals surface area contributed by atoms with Crippen LogP contribution in [0.15, 0.2) is 60.2 Å². The van der Waals surface area contributed by atoms with Gasteiger partial charge >= 0.3 is 6.03 Å². The lowest BCUT2D eigenvalue weighted by molar-refractivity contribution is -0.130. The van der Waals surface area contributed by atoms with Gasteiger partial charge in [0.15, 0.2) is 23.0 Å². The summed E-state index contributed by atoms with van der Waals surface area (Å²) in [5.41, 5.74) is 1.86.